The van der Waals surface area contributed by atoms with Gasteiger partial charge in [-0.25, -0.2) is 4.98 Å². The van der Waals surface area contributed by atoms with Gasteiger partial charge in [-0.2, -0.15) is 0 Å². The van der Waals surface area contributed by atoms with Crippen LogP contribution in [-0.2, 0) is 4.79 Å². The molecule has 3 amide bonds. The fourth-order valence-corrected chi connectivity index (χ4v) is 4.84. The summed E-state index contributed by atoms with van der Waals surface area (Å²) in [6.45, 7) is 4.45. The van der Waals surface area contributed by atoms with Gasteiger partial charge in [0, 0.05) is 13.0 Å². The molecule has 0 saturated carbocycles. The van der Waals surface area contributed by atoms with E-state index in [0.717, 1.165) is 22.2 Å². The number of amides is 3. The molecule has 154 valence electrons. The van der Waals surface area contributed by atoms with Crippen LogP contribution in [0.15, 0.2) is 36.4 Å². The molecule has 1 aliphatic rings. The quantitative estimate of drug-likeness (QED) is 0.443. The standard InChI is InChI=1S/C23H23N3O3S/c1-14-12-15(2)20-18(13-14)30-23(25-20)24-19(27)10-4-3-7-11-26-21(28)16-8-5-6-9-17(16)22(26)29/h5-6,8-9,12-13H,3-4,7,10-11H2,1-2H3,(H,24,25,27). The molecule has 0 spiro atoms. The van der Waals surface area contributed by atoms with E-state index in [2.05, 4.69) is 22.4 Å². The normalized spacial score (nSPS) is 13.2. The van der Waals surface area contributed by atoms with Crippen LogP contribution in [0.4, 0.5) is 5.13 Å². The number of nitrogens with zero attached hydrogens (tertiary/aromatic N) is 2. The van der Waals surface area contributed by atoms with Gasteiger partial charge in [0.2, 0.25) is 5.91 Å². The van der Waals surface area contributed by atoms with Crippen molar-refractivity contribution in [3.05, 3.63) is 58.7 Å². The SMILES string of the molecule is Cc1cc(C)c2nc(NC(=O)CCCCCN3C(=O)c4ccccc4C3=O)sc2c1. The van der Waals surface area contributed by atoms with Gasteiger partial charge in [0.05, 0.1) is 21.3 Å². The molecule has 0 atom stereocenters. The van der Waals surface area contributed by atoms with Crippen LogP contribution >= 0.6 is 11.3 Å². The van der Waals surface area contributed by atoms with Crippen LogP contribution in [0.5, 0.6) is 0 Å². The van der Waals surface area contributed by atoms with E-state index in [0.29, 0.717) is 42.1 Å². The summed E-state index contributed by atoms with van der Waals surface area (Å²) in [4.78, 5) is 42.8. The van der Waals surface area contributed by atoms with Crippen LogP contribution in [0, 0.1) is 13.8 Å². The molecule has 0 unspecified atom stereocenters. The van der Waals surface area contributed by atoms with E-state index in [1.54, 1.807) is 24.3 Å². The van der Waals surface area contributed by atoms with Gasteiger partial charge < -0.3 is 5.32 Å². The Morgan fingerprint density at radius 1 is 1.03 bits per heavy atom. The van der Waals surface area contributed by atoms with Crippen molar-refractivity contribution in [1.82, 2.24) is 9.88 Å². The summed E-state index contributed by atoms with van der Waals surface area (Å²) >= 11 is 1.48. The first-order valence-electron chi connectivity index (χ1n) is 10.1. The maximum atomic E-state index is 12.3. The molecule has 4 rings (SSSR count). The zero-order valence-corrected chi connectivity index (χ0v) is 17.8. The van der Waals surface area contributed by atoms with Crippen molar-refractivity contribution < 1.29 is 14.4 Å². The van der Waals surface area contributed by atoms with E-state index in [1.807, 2.05) is 13.8 Å². The second kappa shape index (κ2) is 8.36. The lowest BCUT2D eigenvalue weighted by Crippen LogP contribution is -2.30. The molecule has 0 saturated heterocycles. The van der Waals surface area contributed by atoms with E-state index in [1.165, 1.54) is 21.8 Å². The van der Waals surface area contributed by atoms with E-state index in [-0.39, 0.29) is 17.7 Å². The molecule has 7 heteroatoms. The Bertz CT molecular complexity index is 1120. The Labute approximate surface area is 178 Å². The molecule has 1 aliphatic heterocycles. The summed E-state index contributed by atoms with van der Waals surface area (Å²) in [5.41, 5.74) is 4.17. The number of aryl methyl sites for hydroxylation is 2. The summed E-state index contributed by atoms with van der Waals surface area (Å²) in [5, 5.41) is 3.51. The first-order valence-corrected chi connectivity index (χ1v) is 10.9. The predicted molar refractivity (Wildman–Crippen MR) is 118 cm³/mol. The number of anilines is 1. The number of thiazole rings is 1. The third-order valence-corrected chi connectivity index (χ3v) is 6.16. The molecular weight excluding hydrogens is 398 g/mol. The number of aromatic nitrogens is 1. The van der Waals surface area contributed by atoms with Crippen LogP contribution < -0.4 is 5.32 Å². The van der Waals surface area contributed by atoms with Gasteiger partial charge in [0.15, 0.2) is 5.13 Å². The summed E-state index contributed by atoms with van der Waals surface area (Å²) in [6, 6.07) is 11.1. The highest BCUT2D eigenvalue weighted by Gasteiger charge is 2.34. The number of fused-ring (bicyclic) bond motifs is 2. The fraction of sp³-hybridized carbons (Fsp3) is 0.304. The largest absolute Gasteiger partial charge is 0.302 e. The van der Waals surface area contributed by atoms with Crippen molar-refractivity contribution in [2.24, 2.45) is 0 Å². The molecule has 3 aromatic rings. The molecule has 0 radical (unpaired) electrons. The average molecular weight is 422 g/mol. The van der Waals surface area contributed by atoms with E-state index in [9.17, 15) is 14.4 Å². The Balaban J connectivity index is 1.23. The minimum Gasteiger partial charge on any atom is -0.302 e. The number of unbranched alkanes of at least 4 members (excludes halogenated alkanes) is 2. The summed E-state index contributed by atoms with van der Waals surface area (Å²) in [6.07, 6.45) is 2.52. The van der Waals surface area contributed by atoms with Crippen LogP contribution in [0.3, 0.4) is 0 Å². The molecule has 2 heterocycles. The number of nitrogens with one attached hydrogen (secondary N) is 1. The molecule has 0 fully saturated rings. The number of rotatable bonds is 7. The van der Waals surface area contributed by atoms with E-state index in [4.69, 9.17) is 0 Å². The maximum Gasteiger partial charge on any atom is 0.261 e. The van der Waals surface area contributed by atoms with Gasteiger partial charge in [-0.05, 0) is 56.0 Å². The third-order valence-electron chi connectivity index (χ3n) is 5.24. The number of hydrogen-bond acceptors (Lipinski definition) is 5. The van der Waals surface area contributed by atoms with Gasteiger partial charge in [-0.1, -0.05) is 36.0 Å². The van der Waals surface area contributed by atoms with Crippen molar-refractivity contribution in [2.45, 2.75) is 39.5 Å². The lowest BCUT2D eigenvalue weighted by molar-refractivity contribution is -0.116. The Hall–Kier alpha value is -3.06. The molecule has 0 aliphatic carbocycles. The number of imide groups is 1. The van der Waals surface area contributed by atoms with E-state index < -0.39 is 0 Å². The van der Waals surface area contributed by atoms with Crippen molar-refractivity contribution in [2.75, 3.05) is 11.9 Å². The monoisotopic (exact) mass is 421 g/mol. The minimum atomic E-state index is -0.227. The highest BCUT2D eigenvalue weighted by Crippen LogP contribution is 2.29. The number of benzene rings is 2. The van der Waals surface area contributed by atoms with Gasteiger partial charge in [0.25, 0.3) is 11.8 Å². The van der Waals surface area contributed by atoms with Gasteiger partial charge in [0.1, 0.15) is 0 Å². The zero-order valence-electron chi connectivity index (χ0n) is 17.0. The van der Waals surface area contributed by atoms with Crippen molar-refractivity contribution >= 4 is 44.4 Å². The Morgan fingerprint density at radius 2 is 1.73 bits per heavy atom. The lowest BCUT2D eigenvalue weighted by atomic mass is 10.1. The van der Waals surface area contributed by atoms with Gasteiger partial charge in [-0.3, -0.25) is 19.3 Å². The summed E-state index contributed by atoms with van der Waals surface area (Å²) in [7, 11) is 0. The van der Waals surface area contributed by atoms with Gasteiger partial charge in [-0.15, -0.1) is 0 Å². The maximum absolute atomic E-state index is 12.3. The second-order valence-electron chi connectivity index (χ2n) is 7.61. The lowest BCUT2D eigenvalue weighted by Gasteiger charge is -2.13. The third kappa shape index (κ3) is 3.98. The topological polar surface area (TPSA) is 79.4 Å². The Morgan fingerprint density at radius 3 is 2.43 bits per heavy atom. The summed E-state index contributed by atoms with van der Waals surface area (Å²) in [5.74, 6) is -0.520. The molecule has 6 nitrogen and oxygen atoms in total. The first-order chi connectivity index (χ1) is 14.4. The smallest absolute Gasteiger partial charge is 0.261 e. The van der Waals surface area contributed by atoms with Crippen LogP contribution in [-0.4, -0.2) is 34.2 Å². The fourth-order valence-electron chi connectivity index (χ4n) is 3.78. The molecule has 1 aromatic heterocycles. The minimum absolute atomic E-state index is 0.0656. The zero-order chi connectivity index (χ0) is 21.3. The number of hydrogen-bond donors (Lipinski definition) is 1. The molecular formula is C23H23N3O3S. The summed E-state index contributed by atoms with van der Waals surface area (Å²) < 4.78 is 1.07. The number of carbonyl (C=O) groups is 3. The van der Waals surface area contributed by atoms with Crippen molar-refractivity contribution in [3.8, 4) is 0 Å². The van der Waals surface area contributed by atoms with Crippen molar-refractivity contribution in [3.63, 3.8) is 0 Å². The molecule has 0 bridgehead atoms. The molecule has 1 N–H and O–H groups in total. The van der Waals surface area contributed by atoms with Crippen LogP contribution in [0.1, 0.15) is 57.5 Å². The Kier molecular flexibility index (Phi) is 5.63. The molecule has 2 aromatic carbocycles. The highest BCUT2D eigenvalue weighted by atomic mass is 32.1. The highest BCUT2D eigenvalue weighted by molar-refractivity contribution is 7.22. The number of carbonyl (C=O) groups excluding carboxylic acids is 3. The van der Waals surface area contributed by atoms with Gasteiger partial charge >= 0.3 is 0 Å². The second-order valence-corrected chi connectivity index (χ2v) is 8.64. The van der Waals surface area contributed by atoms with E-state index >= 15 is 0 Å². The van der Waals surface area contributed by atoms with Crippen LogP contribution in [0.2, 0.25) is 0 Å². The predicted octanol–water partition coefficient (Wildman–Crippen LogP) is 4.71. The molecule has 30 heavy (non-hydrogen) atoms. The van der Waals surface area contributed by atoms with Crippen molar-refractivity contribution in [1.29, 1.82) is 0 Å². The van der Waals surface area contributed by atoms with Crippen LogP contribution in [0.25, 0.3) is 10.2 Å². The average Bonchev–Trinajstić information content (AvgIpc) is 3.21. The first kappa shape index (κ1) is 20.2.